The zero-order valence-electron chi connectivity index (χ0n) is 13.6. The molecule has 6 nitrogen and oxygen atoms in total. The summed E-state index contributed by atoms with van der Waals surface area (Å²) in [6.07, 6.45) is 6.39. The van der Waals surface area contributed by atoms with Crippen LogP contribution in [0.15, 0.2) is 24.5 Å². The molecule has 0 bridgehead atoms. The van der Waals surface area contributed by atoms with Gasteiger partial charge in [0.2, 0.25) is 5.91 Å². The molecule has 2 N–H and O–H groups in total. The second-order valence-electron chi connectivity index (χ2n) is 6.59. The predicted molar refractivity (Wildman–Crippen MR) is 87.0 cm³/mol. The number of aliphatic hydroxyl groups is 1. The third kappa shape index (κ3) is 3.39. The number of nitrogens with one attached hydrogen (secondary N) is 1. The van der Waals surface area contributed by atoms with Crippen molar-refractivity contribution < 1.29 is 14.6 Å². The van der Waals surface area contributed by atoms with Gasteiger partial charge in [-0.05, 0) is 38.1 Å². The molecule has 2 fully saturated rings. The molecule has 2 aliphatic rings. The van der Waals surface area contributed by atoms with Crippen LogP contribution in [0.3, 0.4) is 0 Å². The summed E-state index contributed by atoms with van der Waals surface area (Å²) in [4.78, 5) is 18.3. The maximum Gasteiger partial charge on any atom is 0.225 e. The third-order valence-electron chi connectivity index (χ3n) is 5.41. The Morgan fingerprint density at radius 1 is 1.52 bits per heavy atom. The summed E-state index contributed by atoms with van der Waals surface area (Å²) in [5.74, 6) is 0.0109. The molecule has 1 aromatic heterocycles. The summed E-state index contributed by atoms with van der Waals surface area (Å²) >= 11 is 0. The number of likely N-dealkylation sites (tertiary alicyclic amines) is 1. The molecule has 6 heteroatoms. The fourth-order valence-corrected chi connectivity index (χ4v) is 3.83. The summed E-state index contributed by atoms with van der Waals surface area (Å²) < 4.78 is 5.50. The van der Waals surface area contributed by atoms with E-state index >= 15 is 0 Å². The molecule has 1 saturated heterocycles. The Morgan fingerprint density at radius 3 is 2.91 bits per heavy atom. The topological polar surface area (TPSA) is 74.7 Å². The Kier molecular flexibility index (Phi) is 4.94. The van der Waals surface area contributed by atoms with Gasteiger partial charge in [0, 0.05) is 38.1 Å². The molecule has 126 valence electrons. The minimum atomic E-state index is -0.233. The van der Waals surface area contributed by atoms with Crippen molar-refractivity contribution in [2.45, 2.75) is 37.9 Å². The molecule has 1 saturated carbocycles. The monoisotopic (exact) mass is 319 g/mol. The molecule has 0 unspecified atom stereocenters. The van der Waals surface area contributed by atoms with Crippen molar-refractivity contribution in [3.05, 3.63) is 24.5 Å². The van der Waals surface area contributed by atoms with E-state index in [2.05, 4.69) is 15.2 Å². The lowest BCUT2D eigenvalue weighted by atomic mass is 9.58. The zero-order chi connectivity index (χ0) is 16.3. The molecule has 1 aliphatic heterocycles. The summed E-state index contributed by atoms with van der Waals surface area (Å²) in [5, 5.41) is 13.0. The van der Waals surface area contributed by atoms with Crippen LogP contribution in [-0.2, 0) is 9.53 Å². The lowest BCUT2D eigenvalue weighted by molar-refractivity contribution is -0.201. The quantitative estimate of drug-likeness (QED) is 0.855. The smallest absolute Gasteiger partial charge is 0.225 e. The van der Waals surface area contributed by atoms with Crippen LogP contribution in [0, 0.1) is 5.41 Å². The first-order chi connectivity index (χ1) is 11.1. The number of carbonyl (C=O) groups is 1. The number of carbonyl (C=O) groups excluding carboxylic acids is 1. The number of rotatable bonds is 5. The Bertz CT molecular complexity index is 529. The molecule has 23 heavy (non-hydrogen) atoms. The first-order valence-electron chi connectivity index (χ1n) is 8.27. The fraction of sp³-hybridized carbons (Fsp3) is 0.647. The van der Waals surface area contributed by atoms with E-state index in [0.717, 1.165) is 44.6 Å². The Hall–Kier alpha value is -1.50. The second kappa shape index (κ2) is 6.95. The lowest BCUT2D eigenvalue weighted by Gasteiger charge is -2.56. The molecular weight excluding hydrogens is 294 g/mol. The van der Waals surface area contributed by atoms with Crippen molar-refractivity contribution in [3.63, 3.8) is 0 Å². The van der Waals surface area contributed by atoms with E-state index in [-0.39, 0.29) is 23.5 Å². The van der Waals surface area contributed by atoms with Gasteiger partial charge in [0.05, 0.1) is 24.1 Å². The van der Waals surface area contributed by atoms with Crippen molar-refractivity contribution in [1.82, 2.24) is 9.88 Å². The minimum Gasteiger partial charge on any atom is -0.392 e. The van der Waals surface area contributed by atoms with Gasteiger partial charge in [0.15, 0.2) is 0 Å². The highest BCUT2D eigenvalue weighted by atomic mass is 16.5. The largest absolute Gasteiger partial charge is 0.392 e. The normalized spacial score (nSPS) is 26.7. The van der Waals surface area contributed by atoms with Gasteiger partial charge in [-0.15, -0.1) is 0 Å². The van der Waals surface area contributed by atoms with Gasteiger partial charge in [-0.2, -0.15) is 0 Å². The highest BCUT2D eigenvalue weighted by molar-refractivity contribution is 5.90. The highest BCUT2D eigenvalue weighted by Crippen LogP contribution is 2.50. The van der Waals surface area contributed by atoms with Crippen LogP contribution in [0.2, 0.25) is 0 Å². The number of pyridine rings is 1. The van der Waals surface area contributed by atoms with Crippen molar-refractivity contribution in [2.24, 2.45) is 5.41 Å². The minimum absolute atomic E-state index is 0.0109. The fourth-order valence-electron chi connectivity index (χ4n) is 3.83. The van der Waals surface area contributed by atoms with Crippen LogP contribution >= 0.6 is 0 Å². The first kappa shape index (κ1) is 16.4. The molecule has 2 atom stereocenters. The molecular formula is C17H25N3O3. The van der Waals surface area contributed by atoms with Gasteiger partial charge >= 0.3 is 0 Å². The summed E-state index contributed by atoms with van der Waals surface area (Å²) in [7, 11) is 1.73. The number of ether oxygens (including phenoxy) is 1. The van der Waals surface area contributed by atoms with Gasteiger partial charge in [0.1, 0.15) is 0 Å². The maximum atomic E-state index is 12.0. The van der Waals surface area contributed by atoms with Crippen LogP contribution in [0.25, 0.3) is 0 Å². The third-order valence-corrected chi connectivity index (χ3v) is 5.41. The number of piperidine rings is 1. The van der Waals surface area contributed by atoms with E-state index in [9.17, 15) is 9.90 Å². The average Bonchev–Trinajstić information content (AvgIpc) is 2.59. The number of hydrogen-bond acceptors (Lipinski definition) is 5. The van der Waals surface area contributed by atoms with Crippen LogP contribution < -0.4 is 5.32 Å². The van der Waals surface area contributed by atoms with E-state index in [1.54, 1.807) is 25.6 Å². The van der Waals surface area contributed by atoms with Crippen molar-refractivity contribution >= 4 is 11.6 Å². The van der Waals surface area contributed by atoms with E-state index in [0.29, 0.717) is 6.42 Å². The van der Waals surface area contributed by atoms with Crippen molar-refractivity contribution in [1.29, 1.82) is 0 Å². The molecule has 0 aromatic carbocycles. The molecule has 1 aromatic rings. The van der Waals surface area contributed by atoms with E-state index in [1.807, 2.05) is 6.07 Å². The highest BCUT2D eigenvalue weighted by Gasteiger charge is 2.55. The number of methoxy groups -OCH3 is 1. The van der Waals surface area contributed by atoms with Crippen molar-refractivity contribution in [3.8, 4) is 0 Å². The molecule has 1 amide bonds. The number of aromatic nitrogens is 1. The molecule has 3 rings (SSSR count). The molecule has 0 radical (unpaired) electrons. The maximum absolute atomic E-state index is 12.0. The van der Waals surface area contributed by atoms with Crippen LogP contribution in [0.4, 0.5) is 5.69 Å². The van der Waals surface area contributed by atoms with Crippen LogP contribution in [0.1, 0.15) is 25.7 Å². The van der Waals surface area contributed by atoms with Crippen LogP contribution in [-0.4, -0.2) is 59.8 Å². The number of aliphatic hydroxyl groups excluding tert-OH is 1. The average molecular weight is 319 g/mol. The molecule has 1 aliphatic carbocycles. The summed E-state index contributed by atoms with van der Waals surface area (Å²) in [6.45, 7) is 2.57. The van der Waals surface area contributed by atoms with Crippen LogP contribution in [0.5, 0.6) is 0 Å². The van der Waals surface area contributed by atoms with Gasteiger partial charge in [0.25, 0.3) is 0 Å². The molecule has 1 spiro atoms. The van der Waals surface area contributed by atoms with Gasteiger partial charge in [-0.1, -0.05) is 0 Å². The lowest BCUT2D eigenvalue weighted by Crippen LogP contribution is -2.62. The van der Waals surface area contributed by atoms with Gasteiger partial charge in [-0.25, -0.2) is 0 Å². The van der Waals surface area contributed by atoms with Gasteiger partial charge in [-0.3, -0.25) is 9.78 Å². The number of anilines is 1. The zero-order valence-corrected chi connectivity index (χ0v) is 13.6. The first-order valence-corrected chi connectivity index (χ1v) is 8.27. The van der Waals surface area contributed by atoms with Crippen molar-refractivity contribution in [2.75, 3.05) is 32.1 Å². The van der Waals surface area contributed by atoms with E-state index in [1.165, 1.54) is 0 Å². The Morgan fingerprint density at radius 2 is 2.30 bits per heavy atom. The SMILES string of the molecule is CO[C@@H]1C[C@H](O)C12CCN(CCC(=O)Nc1cccnc1)CC2. The Labute approximate surface area is 136 Å². The molecule has 2 heterocycles. The number of amides is 1. The van der Waals surface area contributed by atoms with E-state index in [4.69, 9.17) is 4.74 Å². The Balaban J connectivity index is 1.42. The van der Waals surface area contributed by atoms with Gasteiger partial charge < -0.3 is 20.1 Å². The predicted octanol–water partition coefficient (Wildman–Crippen LogP) is 1.27. The standard InChI is InChI=1S/C17H25N3O3/c1-23-15-11-14(21)17(15)5-9-20(10-6-17)8-4-16(22)19-13-3-2-7-18-12-13/h2-3,7,12,14-15,21H,4-6,8-11H2,1H3,(H,19,22)/t14-,15+/m0/s1. The summed E-state index contributed by atoms with van der Waals surface area (Å²) in [5.41, 5.74) is 0.680. The van der Waals surface area contributed by atoms with E-state index < -0.39 is 0 Å². The number of nitrogens with zero attached hydrogens (tertiary/aromatic N) is 2. The number of hydrogen-bond donors (Lipinski definition) is 2. The second-order valence-corrected chi connectivity index (χ2v) is 6.59. The summed E-state index contributed by atoms with van der Waals surface area (Å²) in [6, 6.07) is 3.63.